The van der Waals surface area contributed by atoms with Gasteiger partial charge >= 0.3 is 6.18 Å². The third kappa shape index (κ3) is 4.94. The number of hydrogen-bond acceptors (Lipinski definition) is 5. The van der Waals surface area contributed by atoms with E-state index < -0.39 is 26.7 Å². The smallest absolute Gasteiger partial charge is 0.417 e. The number of anilines is 2. The van der Waals surface area contributed by atoms with Crippen LogP contribution < -0.4 is 20.1 Å². The molecule has 0 aliphatic carbocycles. The summed E-state index contributed by atoms with van der Waals surface area (Å²) < 4.78 is 68.0. The Bertz CT molecular complexity index is 980. The second kappa shape index (κ2) is 8.11. The number of nitrogens with two attached hydrogens (primary N) is 1. The molecule has 10 heteroatoms. The lowest BCUT2D eigenvalue weighted by Crippen LogP contribution is -2.23. The molecule has 0 amide bonds. The van der Waals surface area contributed by atoms with Crippen LogP contribution in [0.25, 0.3) is 0 Å². The van der Waals surface area contributed by atoms with Gasteiger partial charge in [-0.2, -0.15) is 13.2 Å². The fourth-order valence-electron chi connectivity index (χ4n) is 3.48. The summed E-state index contributed by atoms with van der Waals surface area (Å²) in [5.74, 6) is 0.988. The number of nitrogens with zero attached hydrogens (tertiary/aromatic N) is 1. The third-order valence-electron chi connectivity index (χ3n) is 4.90. The first-order chi connectivity index (χ1) is 13.6. The van der Waals surface area contributed by atoms with Crippen LogP contribution in [0.15, 0.2) is 47.4 Å². The quantitative estimate of drug-likeness (QED) is 0.736. The summed E-state index contributed by atoms with van der Waals surface area (Å²) >= 11 is 0. The first-order valence-electron chi connectivity index (χ1n) is 8.95. The van der Waals surface area contributed by atoms with Crippen LogP contribution in [0, 0.1) is 5.92 Å². The van der Waals surface area contributed by atoms with E-state index in [9.17, 15) is 21.6 Å². The van der Waals surface area contributed by atoms with Crippen molar-refractivity contribution in [3.8, 4) is 5.75 Å². The molecule has 158 valence electrons. The highest BCUT2D eigenvalue weighted by atomic mass is 32.2. The second-order valence-corrected chi connectivity index (χ2v) is 8.44. The molecule has 0 saturated carbocycles. The molecule has 29 heavy (non-hydrogen) atoms. The van der Waals surface area contributed by atoms with E-state index in [1.807, 2.05) is 24.3 Å². The normalized spacial score (nSPS) is 17.4. The van der Waals surface area contributed by atoms with Crippen LogP contribution in [0.5, 0.6) is 5.75 Å². The third-order valence-corrected chi connectivity index (χ3v) is 5.87. The Kier molecular flexibility index (Phi) is 5.95. The van der Waals surface area contributed by atoms with Crippen molar-refractivity contribution in [2.45, 2.75) is 17.5 Å². The van der Waals surface area contributed by atoms with Crippen molar-refractivity contribution in [2.75, 3.05) is 37.0 Å². The van der Waals surface area contributed by atoms with Gasteiger partial charge in [0.05, 0.1) is 23.3 Å². The number of primary sulfonamides is 1. The summed E-state index contributed by atoms with van der Waals surface area (Å²) in [4.78, 5) is 1.25. The van der Waals surface area contributed by atoms with Crippen LogP contribution in [0.3, 0.4) is 0 Å². The monoisotopic (exact) mass is 429 g/mol. The topological polar surface area (TPSA) is 84.7 Å². The summed E-state index contributed by atoms with van der Waals surface area (Å²) in [6.07, 6.45) is -3.96. The molecule has 3 N–H and O–H groups in total. The van der Waals surface area contributed by atoms with Gasteiger partial charge in [0.25, 0.3) is 0 Å². The molecular formula is C19H22F3N3O3S. The van der Waals surface area contributed by atoms with Gasteiger partial charge in [-0.3, -0.25) is 0 Å². The predicted octanol–water partition coefficient (Wildman–Crippen LogP) is 3.30. The number of methoxy groups -OCH3 is 1. The number of alkyl halides is 3. The number of nitrogens with one attached hydrogen (secondary N) is 1. The first-order valence-corrected chi connectivity index (χ1v) is 10.5. The molecule has 1 fully saturated rings. The maximum atomic E-state index is 13.2. The van der Waals surface area contributed by atoms with E-state index in [1.54, 1.807) is 7.11 Å². The Hall–Kier alpha value is -2.46. The second-order valence-electron chi connectivity index (χ2n) is 6.91. The molecule has 0 radical (unpaired) electrons. The fraction of sp³-hybridized carbons (Fsp3) is 0.368. The average molecular weight is 429 g/mol. The number of benzene rings is 2. The summed E-state index contributed by atoms with van der Waals surface area (Å²) in [5, 5.41) is 7.89. The predicted molar refractivity (Wildman–Crippen MR) is 105 cm³/mol. The van der Waals surface area contributed by atoms with Crippen LogP contribution in [0.1, 0.15) is 12.0 Å². The molecule has 2 aromatic carbocycles. The number of para-hydroxylation sites is 2. The van der Waals surface area contributed by atoms with Crippen LogP contribution in [-0.2, 0) is 16.2 Å². The van der Waals surface area contributed by atoms with E-state index in [1.165, 1.54) is 6.07 Å². The van der Waals surface area contributed by atoms with Crippen molar-refractivity contribution in [2.24, 2.45) is 11.1 Å². The standard InChI is InChI=1S/C19H22F3N3O3S/c1-28-17-5-3-2-4-16(17)25-9-8-13(12-25)11-24-14-6-7-18(29(23,26)27)15(10-14)19(20,21)22/h2-7,10,13,24H,8-9,11-12H2,1H3,(H2,23,26,27). The van der Waals surface area contributed by atoms with Crippen molar-refractivity contribution < 1.29 is 26.3 Å². The Labute approximate surface area is 167 Å². The van der Waals surface area contributed by atoms with E-state index in [2.05, 4.69) is 10.2 Å². The zero-order chi connectivity index (χ0) is 21.2. The van der Waals surface area contributed by atoms with Gasteiger partial charge < -0.3 is 15.0 Å². The average Bonchev–Trinajstić information content (AvgIpc) is 3.13. The lowest BCUT2D eigenvalue weighted by atomic mass is 10.1. The molecule has 1 heterocycles. The molecule has 1 unspecified atom stereocenters. The molecule has 1 aliphatic rings. The maximum absolute atomic E-state index is 13.2. The largest absolute Gasteiger partial charge is 0.495 e. The van der Waals surface area contributed by atoms with Crippen molar-refractivity contribution >= 4 is 21.4 Å². The van der Waals surface area contributed by atoms with E-state index in [-0.39, 0.29) is 11.6 Å². The van der Waals surface area contributed by atoms with E-state index >= 15 is 0 Å². The van der Waals surface area contributed by atoms with Crippen molar-refractivity contribution in [3.05, 3.63) is 48.0 Å². The maximum Gasteiger partial charge on any atom is 0.417 e. The SMILES string of the molecule is COc1ccccc1N1CCC(CNc2ccc(S(N)(=O)=O)c(C(F)(F)F)c2)C1. The lowest BCUT2D eigenvalue weighted by Gasteiger charge is -2.21. The highest BCUT2D eigenvalue weighted by Gasteiger charge is 2.36. The summed E-state index contributed by atoms with van der Waals surface area (Å²) in [5.41, 5.74) is -0.0955. The number of halogens is 3. The first kappa shape index (κ1) is 21.3. The van der Waals surface area contributed by atoms with Crippen LogP contribution in [0.2, 0.25) is 0 Å². The Morgan fingerprint density at radius 1 is 1.24 bits per heavy atom. The molecular weight excluding hydrogens is 407 g/mol. The van der Waals surface area contributed by atoms with Gasteiger partial charge in [-0.1, -0.05) is 12.1 Å². The molecule has 2 aromatic rings. The fourth-order valence-corrected chi connectivity index (χ4v) is 4.22. The van der Waals surface area contributed by atoms with Crippen molar-refractivity contribution in [3.63, 3.8) is 0 Å². The Balaban J connectivity index is 1.69. The number of sulfonamides is 1. The van der Waals surface area contributed by atoms with Gasteiger partial charge in [-0.05, 0) is 42.7 Å². The summed E-state index contributed by atoms with van der Waals surface area (Å²) in [7, 11) is -2.87. The van der Waals surface area contributed by atoms with Crippen molar-refractivity contribution in [1.29, 1.82) is 0 Å². The molecule has 1 saturated heterocycles. The minimum atomic E-state index is -4.83. The van der Waals surface area contributed by atoms with E-state index in [0.29, 0.717) is 6.54 Å². The van der Waals surface area contributed by atoms with Crippen LogP contribution in [-0.4, -0.2) is 35.2 Å². The van der Waals surface area contributed by atoms with Gasteiger partial charge in [-0.15, -0.1) is 0 Å². The van der Waals surface area contributed by atoms with Gasteiger partial charge in [-0.25, -0.2) is 13.6 Å². The minimum absolute atomic E-state index is 0.195. The zero-order valence-electron chi connectivity index (χ0n) is 15.7. The molecule has 3 rings (SSSR count). The van der Waals surface area contributed by atoms with E-state index in [0.717, 1.165) is 43.1 Å². The Morgan fingerprint density at radius 3 is 2.62 bits per heavy atom. The van der Waals surface area contributed by atoms with E-state index in [4.69, 9.17) is 9.88 Å². The zero-order valence-corrected chi connectivity index (χ0v) is 16.6. The number of rotatable bonds is 6. The Morgan fingerprint density at radius 2 is 1.97 bits per heavy atom. The van der Waals surface area contributed by atoms with Gasteiger partial charge in [0.2, 0.25) is 10.0 Å². The molecule has 0 aromatic heterocycles. The molecule has 1 aliphatic heterocycles. The van der Waals surface area contributed by atoms with Gasteiger partial charge in [0.1, 0.15) is 5.75 Å². The van der Waals surface area contributed by atoms with Crippen molar-refractivity contribution in [1.82, 2.24) is 0 Å². The lowest BCUT2D eigenvalue weighted by molar-refractivity contribution is -0.139. The van der Waals surface area contributed by atoms with Crippen LogP contribution in [0.4, 0.5) is 24.5 Å². The summed E-state index contributed by atoms with van der Waals surface area (Å²) in [6, 6.07) is 10.6. The summed E-state index contributed by atoms with van der Waals surface area (Å²) in [6.45, 7) is 2.00. The molecule has 1 atom stereocenters. The van der Waals surface area contributed by atoms with Gasteiger partial charge in [0, 0.05) is 25.3 Å². The molecule has 6 nitrogen and oxygen atoms in total. The molecule has 0 bridgehead atoms. The van der Waals surface area contributed by atoms with Gasteiger partial charge in [0.15, 0.2) is 0 Å². The molecule has 0 spiro atoms. The highest BCUT2D eigenvalue weighted by Crippen LogP contribution is 2.36. The number of hydrogen-bond donors (Lipinski definition) is 2. The number of ether oxygens (including phenoxy) is 1. The highest BCUT2D eigenvalue weighted by molar-refractivity contribution is 7.89. The minimum Gasteiger partial charge on any atom is -0.495 e. The van der Waals surface area contributed by atoms with Crippen LogP contribution >= 0.6 is 0 Å².